The van der Waals surface area contributed by atoms with Gasteiger partial charge >= 0.3 is 6.03 Å². The van der Waals surface area contributed by atoms with Crippen LogP contribution in [0.25, 0.3) is 5.65 Å². The molecule has 0 saturated heterocycles. The highest BCUT2D eigenvalue weighted by atomic mass is 16.5. The van der Waals surface area contributed by atoms with Crippen LogP contribution in [-0.2, 0) is 11.3 Å². The normalized spacial score (nSPS) is 10.9. The van der Waals surface area contributed by atoms with Gasteiger partial charge in [-0.05, 0) is 31.2 Å². The lowest BCUT2D eigenvalue weighted by molar-refractivity contribution is 0.149. The molecule has 0 aliphatic heterocycles. The van der Waals surface area contributed by atoms with Gasteiger partial charge in [-0.3, -0.25) is 0 Å². The average Bonchev–Trinajstić information content (AvgIpc) is 3.19. The Hall–Kier alpha value is -2.80. The Kier molecular flexibility index (Phi) is 4.81. The van der Waals surface area contributed by atoms with E-state index in [0.29, 0.717) is 25.4 Å². The molecule has 0 bridgehead atoms. The summed E-state index contributed by atoms with van der Waals surface area (Å²) in [5, 5.41) is 2.90. The summed E-state index contributed by atoms with van der Waals surface area (Å²) in [6.45, 7) is 3.18. The van der Waals surface area contributed by atoms with Gasteiger partial charge in [-0.2, -0.15) is 0 Å². The molecule has 7 nitrogen and oxygen atoms in total. The highest BCUT2D eigenvalue weighted by molar-refractivity contribution is 5.89. The molecule has 3 rings (SSSR count). The SMILES string of the molecule is COCCN(Cc1ccc(C)o1)C(=O)Nc1ccc2nccn2c1. The molecule has 0 aromatic carbocycles. The smallest absolute Gasteiger partial charge is 0.322 e. The maximum atomic E-state index is 12.6. The number of hydrogen-bond donors (Lipinski definition) is 1. The Morgan fingerprint density at radius 2 is 2.25 bits per heavy atom. The molecule has 0 saturated carbocycles. The fraction of sp³-hybridized carbons (Fsp3) is 0.294. The van der Waals surface area contributed by atoms with Gasteiger partial charge in [0.2, 0.25) is 0 Å². The predicted molar refractivity (Wildman–Crippen MR) is 89.9 cm³/mol. The number of carbonyl (C=O) groups is 1. The lowest BCUT2D eigenvalue weighted by atomic mass is 10.3. The van der Waals surface area contributed by atoms with Crippen LogP contribution in [0.3, 0.4) is 0 Å². The average molecular weight is 328 g/mol. The van der Waals surface area contributed by atoms with Gasteiger partial charge in [-0.1, -0.05) is 0 Å². The van der Waals surface area contributed by atoms with Crippen molar-refractivity contribution in [2.24, 2.45) is 0 Å². The van der Waals surface area contributed by atoms with Crippen molar-refractivity contribution in [2.45, 2.75) is 13.5 Å². The van der Waals surface area contributed by atoms with Crippen LogP contribution in [-0.4, -0.2) is 40.6 Å². The van der Waals surface area contributed by atoms with Crippen LogP contribution in [0.5, 0.6) is 0 Å². The van der Waals surface area contributed by atoms with Gasteiger partial charge in [-0.15, -0.1) is 0 Å². The van der Waals surface area contributed by atoms with Gasteiger partial charge in [0.05, 0.1) is 18.8 Å². The second-order valence-corrected chi connectivity index (χ2v) is 5.47. The van der Waals surface area contributed by atoms with Crippen LogP contribution in [0.2, 0.25) is 0 Å². The van der Waals surface area contributed by atoms with Crippen molar-refractivity contribution in [1.29, 1.82) is 0 Å². The molecular formula is C17H20N4O3. The number of methoxy groups -OCH3 is 1. The van der Waals surface area contributed by atoms with E-state index < -0.39 is 0 Å². The molecule has 24 heavy (non-hydrogen) atoms. The number of furan rings is 1. The highest BCUT2D eigenvalue weighted by Gasteiger charge is 2.16. The topological polar surface area (TPSA) is 72.0 Å². The van der Waals surface area contributed by atoms with E-state index in [4.69, 9.17) is 9.15 Å². The van der Waals surface area contributed by atoms with Crippen molar-refractivity contribution >= 4 is 17.4 Å². The summed E-state index contributed by atoms with van der Waals surface area (Å²) in [7, 11) is 1.61. The first-order chi connectivity index (χ1) is 11.7. The molecule has 0 fully saturated rings. The number of carbonyl (C=O) groups excluding carboxylic acids is 1. The van der Waals surface area contributed by atoms with Gasteiger partial charge in [0.1, 0.15) is 17.2 Å². The standard InChI is InChI=1S/C17H20N4O3/c1-13-3-5-15(24-13)12-21(9-10-23-2)17(22)19-14-4-6-16-18-7-8-20(16)11-14/h3-8,11H,9-10,12H2,1-2H3,(H,19,22). The number of aromatic nitrogens is 2. The maximum absolute atomic E-state index is 12.6. The summed E-state index contributed by atoms with van der Waals surface area (Å²) in [6.07, 6.45) is 5.37. The minimum absolute atomic E-state index is 0.208. The van der Waals surface area contributed by atoms with Crippen molar-refractivity contribution in [1.82, 2.24) is 14.3 Å². The van der Waals surface area contributed by atoms with E-state index in [1.807, 2.05) is 48.0 Å². The predicted octanol–water partition coefficient (Wildman–Crippen LogP) is 2.92. The first-order valence-corrected chi connectivity index (χ1v) is 7.68. The number of nitrogens with one attached hydrogen (secondary N) is 1. The fourth-order valence-electron chi connectivity index (χ4n) is 2.41. The zero-order valence-electron chi connectivity index (χ0n) is 13.7. The Morgan fingerprint density at radius 3 is 3.00 bits per heavy atom. The molecule has 3 heterocycles. The molecule has 0 aliphatic rings. The molecular weight excluding hydrogens is 308 g/mol. The molecule has 0 atom stereocenters. The number of amides is 2. The second kappa shape index (κ2) is 7.18. The minimum atomic E-state index is -0.208. The summed E-state index contributed by atoms with van der Waals surface area (Å²) in [5.41, 5.74) is 1.53. The molecule has 126 valence electrons. The van der Waals surface area contributed by atoms with Crippen molar-refractivity contribution in [3.8, 4) is 0 Å². The number of aryl methyl sites for hydroxylation is 1. The monoisotopic (exact) mass is 328 g/mol. The molecule has 3 aromatic heterocycles. The number of anilines is 1. The van der Waals surface area contributed by atoms with Crippen LogP contribution in [0.4, 0.5) is 10.5 Å². The van der Waals surface area contributed by atoms with Crippen LogP contribution in [0, 0.1) is 6.92 Å². The van der Waals surface area contributed by atoms with Crippen LogP contribution in [0.1, 0.15) is 11.5 Å². The Morgan fingerprint density at radius 1 is 1.38 bits per heavy atom. The molecule has 1 N–H and O–H groups in total. The van der Waals surface area contributed by atoms with E-state index in [2.05, 4.69) is 10.3 Å². The van der Waals surface area contributed by atoms with Gasteiger partial charge in [-0.25, -0.2) is 9.78 Å². The summed E-state index contributed by atoms with van der Waals surface area (Å²) in [6, 6.07) is 7.23. The van der Waals surface area contributed by atoms with Gasteiger partial charge in [0, 0.05) is 32.2 Å². The third-order valence-corrected chi connectivity index (χ3v) is 3.64. The van der Waals surface area contributed by atoms with Crippen molar-refractivity contribution < 1.29 is 13.9 Å². The Bertz CT molecular complexity index is 824. The third-order valence-electron chi connectivity index (χ3n) is 3.64. The molecule has 0 unspecified atom stereocenters. The first kappa shape index (κ1) is 16.1. The first-order valence-electron chi connectivity index (χ1n) is 7.68. The zero-order valence-corrected chi connectivity index (χ0v) is 13.7. The van der Waals surface area contributed by atoms with Gasteiger partial charge < -0.3 is 23.8 Å². The van der Waals surface area contributed by atoms with Gasteiger partial charge in [0.25, 0.3) is 0 Å². The third kappa shape index (κ3) is 3.75. The quantitative estimate of drug-likeness (QED) is 0.755. The Labute approximate surface area is 139 Å². The number of hydrogen-bond acceptors (Lipinski definition) is 4. The van der Waals surface area contributed by atoms with E-state index in [-0.39, 0.29) is 6.03 Å². The van der Waals surface area contributed by atoms with Crippen LogP contribution in [0.15, 0.2) is 47.3 Å². The molecule has 2 amide bonds. The largest absolute Gasteiger partial charge is 0.464 e. The maximum Gasteiger partial charge on any atom is 0.322 e. The summed E-state index contributed by atoms with van der Waals surface area (Å²) in [5.74, 6) is 1.56. The summed E-state index contributed by atoms with van der Waals surface area (Å²) < 4.78 is 12.5. The number of urea groups is 1. The van der Waals surface area contributed by atoms with E-state index in [0.717, 1.165) is 17.2 Å². The fourth-order valence-corrected chi connectivity index (χ4v) is 2.41. The van der Waals surface area contributed by atoms with Crippen molar-refractivity contribution in [3.63, 3.8) is 0 Å². The molecule has 7 heteroatoms. The van der Waals surface area contributed by atoms with E-state index in [1.165, 1.54) is 0 Å². The number of rotatable bonds is 6. The van der Waals surface area contributed by atoms with Crippen molar-refractivity contribution in [3.05, 3.63) is 54.4 Å². The number of imidazole rings is 1. The number of fused-ring (bicyclic) bond motifs is 1. The molecule has 0 radical (unpaired) electrons. The number of pyridine rings is 1. The lowest BCUT2D eigenvalue weighted by Crippen LogP contribution is -2.36. The number of nitrogens with zero attached hydrogens (tertiary/aromatic N) is 3. The van der Waals surface area contributed by atoms with Crippen LogP contribution >= 0.6 is 0 Å². The lowest BCUT2D eigenvalue weighted by Gasteiger charge is -2.22. The molecule has 0 aliphatic carbocycles. The molecule has 3 aromatic rings. The zero-order chi connectivity index (χ0) is 16.9. The van der Waals surface area contributed by atoms with Crippen molar-refractivity contribution in [2.75, 3.05) is 25.6 Å². The number of ether oxygens (including phenoxy) is 1. The van der Waals surface area contributed by atoms with Crippen LogP contribution < -0.4 is 5.32 Å². The van der Waals surface area contributed by atoms with E-state index in [9.17, 15) is 4.79 Å². The molecule has 0 spiro atoms. The highest BCUT2D eigenvalue weighted by Crippen LogP contribution is 2.13. The van der Waals surface area contributed by atoms with E-state index in [1.54, 1.807) is 18.2 Å². The Balaban J connectivity index is 1.71. The summed E-state index contributed by atoms with van der Waals surface area (Å²) in [4.78, 5) is 18.4. The van der Waals surface area contributed by atoms with E-state index >= 15 is 0 Å². The summed E-state index contributed by atoms with van der Waals surface area (Å²) >= 11 is 0. The second-order valence-electron chi connectivity index (χ2n) is 5.47. The van der Waals surface area contributed by atoms with Gasteiger partial charge in [0.15, 0.2) is 0 Å². The minimum Gasteiger partial charge on any atom is -0.464 e.